The van der Waals surface area contributed by atoms with Crippen LogP contribution in [-0.4, -0.2) is 23.5 Å². The lowest BCUT2D eigenvalue weighted by atomic mass is 9.91. The highest BCUT2D eigenvalue weighted by atomic mass is 16.6. The van der Waals surface area contributed by atoms with Crippen molar-refractivity contribution in [2.45, 2.75) is 24.9 Å². The van der Waals surface area contributed by atoms with Crippen LogP contribution in [0.15, 0.2) is 18.2 Å². The lowest BCUT2D eigenvalue weighted by molar-refractivity contribution is -0.384. The van der Waals surface area contributed by atoms with Crippen molar-refractivity contribution in [2.75, 3.05) is 0 Å². The Morgan fingerprint density at radius 3 is 2.59 bits per heavy atom. The van der Waals surface area contributed by atoms with Crippen LogP contribution in [0.5, 0.6) is 0 Å². The summed E-state index contributed by atoms with van der Waals surface area (Å²) in [7, 11) is 5.35. The molecule has 0 aromatic heterocycles. The molecular weight excluding hydrogens is 219 g/mol. The molecule has 0 N–H and O–H groups in total. The van der Waals surface area contributed by atoms with Gasteiger partial charge in [-0.3, -0.25) is 14.9 Å². The quantitative estimate of drug-likeness (QED) is 0.419. The average Bonchev–Trinajstić information content (AvgIpc) is 2.84. The van der Waals surface area contributed by atoms with Gasteiger partial charge in [-0.15, -0.1) is 0 Å². The normalized spacial score (nSPS) is 24.8. The summed E-state index contributed by atoms with van der Waals surface area (Å²) in [6.07, 6.45) is 1.72. The molecule has 84 valence electrons. The highest BCUT2D eigenvalue weighted by Crippen LogP contribution is 2.53. The number of amides is 1. The molecule has 3 rings (SSSR count). The third-order valence-corrected chi connectivity index (χ3v) is 3.64. The maximum absolute atomic E-state index is 11.4. The van der Waals surface area contributed by atoms with Crippen LogP contribution in [0, 0.1) is 10.1 Å². The van der Waals surface area contributed by atoms with Gasteiger partial charge in [0.2, 0.25) is 7.85 Å². The van der Waals surface area contributed by atoms with Gasteiger partial charge < -0.3 is 4.90 Å². The van der Waals surface area contributed by atoms with E-state index in [2.05, 4.69) is 0 Å². The van der Waals surface area contributed by atoms with Crippen molar-refractivity contribution in [1.29, 1.82) is 0 Å². The second-order valence-corrected chi connectivity index (χ2v) is 4.42. The predicted molar refractivity (Wildman–Crippen MR) is 60.8 cm³/mol. The van der Waals surface area contributed by atoms with Gasteiger partial charge in [0.05, 0.1) is 17.0 Å². The maximum Gasteiger partial charge on any atom is 0.269 e. The van der Waals surface area contributed by atoms with Gasteiger partial charge in [0, 0.05) is 12.1 Å². The fourth-order valence-corrected chi connectivity index (χ4v) is 3.00. The van der Waals surface area contributed by atoms with E-state index in [0.29, 0.717) is 0 Å². The lowest BCUT2D eigenvalue weighted by Crippen LogP contribution is -2.26. The topological polar surface area (TPSA) is 63.5 Å². The molecule has 1 aromatic rings. The fraction of sp³-hybridized carbons (Fsp3) is 0.364. The van der Waals surface area contributed by atoms with Crippen molar-refractivity contribution in [3.63, 3.8) is 0 Å². The predicted octanol–water partition coefficient (Wildman–Crippen LogP) is 2.07. The number of fused-ring (bicyclic) bond motifs is 5. The SMILES string of the molecule is [B]C(=O)N1C2CCC1c1cc([N+](=O)[O-])ccc12. The molecule has 2 atom stereocenters. The zero-order valence-electron chi connectivity index (χ0n) is 9.00. The molecule has 1 aromatic carbocycles. The van der Waals surface area contributed by atoms with Gasteiger partial charge in [-0.1, -0.05) is 0 Å². The molecule has 6 heteroatoms. The molecule has 0 aliphatic carbocycles. The molecule has 0 saturated carbocycles. The van der Waals surface area contributed by atoms with Gasteiger partial charge in [-0.2, -0.15) is 0 Å². The Hall–Kier alpha value is -1.85. The number of hydrogen-bond acceptors (Lipinski definition) is 3. The van der Waals surface area contributed by atoms with Crippen molar-refractivity contribution in [2.24, 2.45) is 0 Å². The molecular formula is C11H9BN2O3. The zero-order chi connectivity index (χ0) is 12.2. The van der Waals surface area contributed by atoms with Crippen LogP contribution in [0.3, 0.4) is 0 Å². The highest BCUT2D eigenvalue weighted by Gasteiger charge is 2.45. The van der Waals surface area contributed by atoms with E-state index in [4.69, 9.17) is 7.85 Å². The summed E-state index contributed by atoms with van der Waals surface area (Å²) in [4.78, 5) is 23.3. The third-order valence-electron chi connectivity index (χ3n) is 3.64. The van der Waals surface area contributed by atoms with Crippen molar-refractivity contribution in [3.05, 3.63) is 39.4 Å². The Balaban J connectivity index is 2.09. The summed E-state index contributed by atoms with van der Waals surface area (Å²) in [6, 6.07) is 4.72. The van der Waals surface area contributed by atoms with Crippen molar-refractivity contribution in [3.8, 4) is 0 Å². The Morgan fingerprint density at radius 1 is 1.35 bits per heavy atom. The minimum atomic E-state index is -0.448. The number of rotatable bonds is 1. The van der Waals surface area contributed by atoms with E-state index in [-0.39, 0.29) is 17.8 Å². The van der Waals surface area contributed by atoms with Gasteiger partial charge in [0.25, 0.3) is 5.69 Å². The average molecular weight is 228 g/mol. The molecule has 1 amide bonds. The first kappa shape index (κ1) is 10.3. The van der Waals surface area contributed by atoms with Crippen LogP contribution in [0.4, 0.5) is 10.5 Å². The van der Waals surface area contributed by atoms with Gasteiger partial charge in [0.1, 0.15) is 0 Å². The highest BCUT2D eigenvalue weighted by molar-refractivity contribution is 6.57. The molecule has 2 bridgehead atoms. The van der Waals surface area contributed by atoms with Crippen LogP contribution in [0.2, 0.25) is 0 Å². The number of nitro groups is 1. The standard InChI is InChI=1S/C11H9BN2O3/c12-11(15)13-9-3-4-10(13)8-5-6(14(16)17)1-2-7(8)9/h1-2,5,9-10H,3-4H2. The summed E-state index contributed by atoms with van der Waals surface area (Å²) in [5.41, 5.74) is 1.96. The molecule has 17 heavy (non-hydrogen) atoms. The second kappa shape index (κ2) is 3.32. The molecule has 1 fully saturated rings. The summed E-state index contributed by atoms with van der Waals surface area (Å²) >= 11 is 0. The van der Waals surface area contributed by atoms with E-state index in [1.165, 1.54) is 6.07 Å². The van der Waals surface area contributed by atoms with Crippen LogP contribution >= 0.6 is 0 Å². The molecule has 2 aliphatic heterocycles. The molecule has 2 heterocycles. The Morgan fingerprint density at radius 2 is 2.00 bits per heavy atom. The molecule has 2 unspecified atom stereocenters. The Bertz CT molecular complexity index is 531. The van der Waals surface area contributed by atoms with E-state index >= 15 is 0 Å². The largest absolute Gasteiger partial charge is 0.338 e. The minimum absolute atomic E-state index is 0.00769. The summed E-state index contributed by atoms with van der Waals surface area (Å²) in [5, 5.41) is 10.7. The van der Waals surface area contributed by atoms with Crippen LogP contribution < -0.4 is 0 Å². The number of benzene rings is 1. The molecule has 2 radical (unpaired) electrons. The monoisotopic (exact) mass is 228 g/mol. The van der Waals surface area contributed by atoms with E-state index in [1.807, 2.05) is 0 Å². The van der Waals surface area contributed by atoms with E-state index < -0.39 is 10.7 Å². The van der Waals surface area contributed by atoms with Crippen LogP contribution in [0.25, 0.3) is 0 Å². The molecule has 1 saturated heterocycles. The number of carbonyl (C=O) groups is 1. The van der Waals surface area contributed by atoms with E-state index in [1.54, 1.807) is 17.0 Å². The van der Waals surface area contributed by atoms with Crippen molar-refractivity contribution in [1.82, 2.24) is 4.90 Å². The first-order valence-corrected chi connectivity index (χ1v) is 5.45. The summed E-state index contributed by atoms with van der Waals surface area (Å²) in [5.74, 6) is -0.448. The molecule has 5 nitrogen and oxygen atoms in total. The number of non-ortho nitro benzene ring substituents is 1. The number of nitrogens with zero attached hydrogens (tertiary/aromatic N) is 2. The van der Waals surface area contributed by atoms with Gasteiger partial charge >= 0.3 is 0 Å². The number of carbonyl (C=O) groups excluding carboxylic acids is 1. The smallest absolute Gasteiger partial charge is 0.269 e. The summed E-state index contributed by atoms with van der Waals surface area (Å²) < 4.78 is 0. The lowest BCUT2D eigenvalue weighted by Gasteiger charge is -2.20. The maximum atomic E-state index is 11.4. The van der Waals surface area contributed by atoms with Gasteiger partial charge in [0.15, 0.2) is 5.81 Å². The number of hydrogen-bond donors (Lipinski definition) is 0. The van der Waals surface area contributed by atoms with E-state index in [0.717, 1.165) is 24.0 Å². The Labute approximate surface area is 99.0 Å². The van der Waals surface area contributed by atoms with E-state index in [9.17, 15) is 14.9 Å². The number of nitro benzene ring substituents is 1. The third kappa shape index (κ3) is 1.30. The van der Waals surface area contributed by atoms with Crippen LogP contribution in [0.1, 0.15) is 36.1 Å². The Kier molecular flexibility index (Phi) is 2.02. The first-order chi connectivity index (χ1) is 8.09. The van der Waals surface area contributed by atoms with Crippen molar-refractivity contribution >= 4 is 19.3 Å². The van der Waals surface area contributed by atoms with Crippen molar-refractivity contribution < 1.29 is 9.72 Å². The summed E-state index contributed by atoms with van der Waals surface area (Å²) in [6.45, 7) is 0. The fourth-order valence-electron chi connectivity index (χ4n) is 3.00. The first-order valence-electron chi connectivity index (χ1n) is 5.45. The van der Waals surface area contributed by atoms with Gasteiger partial charge in [-0.25, -0.2) is 0 Å². The van der Waals surface area contributed by atoms with Crippen LogP contribution in [-0.2, 0) is 0 Å². The second-order valence-electron chi connectivity index (χ2n) is 4.42. The minimum Gasteiger partial charge on any atom is -0.338 e. The van der Waals surface area contributed by atoms with Gasteiger partial charge in [-0.05, 0) is 30.0 Å². The molecule has 0 spiro atoms. The zero-order valence-corrected chi connectivity index (χ0v) is 9.00. The molecule has 2 aliphatic rings.